The molecule has 8 heteroatoms. The first kappa shape index (κ1) is 24.7. The maximum absolute atomic E-state index is 13.1. The molecule has 2 aliphatic heterocycles. The summed E-state index contributed by atoms with van der Waals surface area (Å²) in [6, 6.07) is 16.7. The Morgan fingerprint density at radius 2 is 1.56 bits per heavy atom. The lowest BCUT2D eigenvalue weighted by Crippen LogP contribution is -2.47. The number of amides is 1. The predicted octanol–water partition coefficient (Wildman–Crippen LogP) is 3.69. The fourth-order valence-electron chi connectivity index (χ4n) is 4.66. The van der Waals surface area contributed by atoms with Crippen molar-refractivity contribution in [1.29, 1.82) is 0 Å². The Morgan fingerprint density at radius 1 is 0.912 bits per heavy atom. The van der Waals surface area contributed by atoms with E-state index in [1.807, 2.05) is 30.0 Å². The van der Waals surface area contributed by atoms with Gasteiger partial charge in [0, 0.05) is 32.1 Å². The maximum atomic E-state index is 13.1. The largest absolute Gasteiger partial charge is 0.494 e. The zero-order valence-corrected chi connectivity index (χ0v) is 20.6. The minimum atomic E-state index is -3.57. The standard InChI is InChI=1S/C26H34N2O5S/c1-2-32-23-8-10-25(11-9-23)34(30,31)28-18-12-22(13-19-28)26(29)27-16-14-24(15-17-27)33-20-21-6-4-3-5-7-21/h3-11,22,24H,2,12-20H2,1H3. The van der Waals surface area contributed by atoms with Gasteiger partial charge in [0.1, 0.15) is 5.75 Å². The van der Waals surface area contributed by atoms with Crippen LogP contribution in [-0.4, -0.2) is 62.4 Å². The molecule has 4 rings (SSSR count). The van der Waals surface area contributed by atoms with E-state index < -0.39 is 10.0 Å². The van der Waals surface area contributed by atoms with Gasteiger partial charge in [-0.15, -0.1) is 0 Å². The summed E-state index contributed by atoms with van der Waals surface area (Å²) in [5.41, 5.74) is 1.16. The van der Waals surface area contributed by atoms with Crippen LogP contribution in [0.5, 0.6) is 5.75 Å². The first-order valence-corrected chi connectivity index (χ1v) is 13.6. The van der Waals surface area contributed by atoms with Gasteiger partial charge in [-0.3, -0.25) is 4.79 Å². The highest BCUT2D eigenvalue weighted by molar-refractivity contribution is 7.89. The molecule has 34 heavy (non-hydrogen) atoms. The van der Waals surface area contributed by atoms with Crippen LogP contribution in [0.4, 0.5) is 0 Å². The number of nitrogens with zero attached hydrogens (tertiary/aromatic N) is 2. The lowest BCUT2D eigenvalue weighted by atomic mass is 9.95. The number of carbonyl (C=O) groups excluding carboxylic acids is 1. The van der Waals surface area contributed by atoms with Crippen LogP contribution in [0.3, 0.4) is 0 Å². The van der Waals surface area contributed by atoms with Crippen molar-refractivity contribution in [3.63, 3.8) is 0 Å². The van der Waals surface area contributed by atoms with Crippen LogP contribution in [-0.2, 0) is 26.2 Å². The van der Waals surface area contributed by atoms with Crippen molar-refractivity contribution in [2.75, 3.05) is 32.8 Å². The number of rotatable bonds is 8. The highest BCUT2D eigenvalue weighted by Crippen LogP contribution is 2.27. The van der Waals surface area contributed by atoms with Crippen LogP contribution in [0.25, 0.3) is 0 Å². The van der Waals surface area contributed by atoms with E-state index in [4.69, 9.17) is 9.47 Å². The number of sulfonamides is 1. The van der Waals surface area contributed by atoms with E-state index in [9.17, 15) is 13.2 Å². The average molecular weight is 487 g/mol. The van der Waals surface area contributed by atoms with Gasteiger partial charge in [0.05, 0.1) is 24.2 Å². The minimum absolute atomic E-state index is 0.117. The Labute approximate surface area is 202 Å². The molecule has 0 N–H and O–H groups in total. The molecule has 0 bridgehead atoms. The topological polar surface area (TPSA) is 76.2 Å². The molecule has 0 aromatic heterocycles. The molecule has 7 nitrogen and oxygen atoms in total. The van der Waals surface area contributed by atoms with Crippen LogP contribution >= 0.6 is 0 Å². The smallest absolute Gasteiger partial charge is 0.243 e. The molecule has 184 valence electrons. The van der Waals surface area contributed by atoms with E-state index in [0.29, 0.717) is 58.0 Å². The molecule has 0 atom stereocenters. The van der Waals surface area contributed by atoms with Crippen molar-refractivity contribution < 1.29 is 22.7 Å². The van der Waals surface area contributed by atoms with Crippen LogP contribution in [0.2, 0.25) is 0 Å². The lowest BCUT2D eigenvalue weighted by Gasteiger charge is -2.37. The van der Waals surface area contributed by atoms with Gasteiger partial charge in [-0.1, -0.05) is 30.3 Å². The summed E-state index contributed by atoms with van der Waals surface area (Å²) in [6.45, 7) is 5.14. The monoisotopic (exact) mass is 486 g/mol. The Kier molecular flexibility index (Phi) is 8.24. The summed E-state index contributed by atoms with van der Waals surface area (Å²) in [5.74, 6) is 0.688. The number of piperidine rings is 2. The summed E-state index contributed by atoms with van der Waals surface area (Å²) in [4.78, 5) is 15.3. The van der Waals surface area contributed by atoms with Gasteiger partial charge in [0.15, 0.2) is 0 Å². The van der Waals surface area contributed by atoms with Crippen LogP contribution in [0.1, 0.15) is 38.2 Å². The molecule has 0 radical (unpaired) electrons. The third-order valence-electron chi connectivity index (χ3n) is 6.66. The Hall–Kier alpha value is -2.42. The van der Waals surface area contributed by atoms with E-state index in [2.05, 4.69) is 12.1 Å². The van der Waals surface area contributed by atoms with Crippen molar-refractivity contribution in [2.45, 2.75) is 50.2 Å². The number of benzene rings is 2. The first-order chi connectivity index (χ1) is 16.5. The fourth-order valence-corrected chi connectivity index (χ4v) is 6.13. The molecule has 2 aromatic carbocycles. The van der Waals surface area contributed by atoms with E-state index in [0.717, 1.165) is 18.4 Å². The molecule has 2 heterocycles. The summed E-state index contributed by atoms with van der Waals surface area (Å²) >= 11 is 0. The molecule has 0 saturated carbocycles. The van der Waals surface area contributed by atoms with E-state index in [1.165, 1.54) is 4.31 Å². The zero-order chi connectivity index (χ0) is 24.0. The molecule has 2 fully saturated rings. The molecule has 2 aromatic rings. The second kappa shape index (κ2) is 11.3. The molecule has 2 saturated heterocycles. The molecule has 0 aliphatic carbocycles. The SMILES string of the molecule is CCOc1ccc(S(=O)(=O)N2CCC(C(=O)N3CCC(OCc4ccccc4)CC3)CC2)cc1. The average Bonchev–Trinajstić information content (AvgIpc) is 2.88. The van der Waals surface area contributed by atoms with Crippen LogP contribution in [0.15, 0.2) is 59.5 Å². The second-order valence-corrected chi connectivity index (χ2v) is 10.8. The minimum Gasteiger partial charge on any atom is -0.494 e. The summed E-state index contributed by atoms with van der Waals surface area (Å²) in [5, 5.41) is 0. The highest BCUT2D eigenvalue weighted by Gasteiger charge is 2.35. The van der Waals surface area contributed by atoms with Gasteiger partial charge >= 0.3 is 0 Å². The van der Waals surface area contributed by atoms with E-state index in [-0.39, 0.29) is 22.8 Å². The second-order valence-electron chi connectivity index (χ2n) is 8.90. The van der Waals surface area contributed by atoms with Crippen molar-refractivity contribution >= 4 is 15.9 Å². The fraction of sp³-hybridized carbons (Fsp3) is 0.500. The molecule has 2 aliphatic rings. The zero-order valence-electron chi connectivity index (χ0n) is 19.8. The Bertz CT molecular complexity index is 1030. The maximum Gasteiger partial charge on any atom is 0.243 e. The quantitative estimate of drug-likeness (QED) is 0.569. The third-order valence-corrected chi connectivity index (χ3v) is 8.57. The number of carbonyl (C=O) groups is 1. The van der Waals surface area contributed by atoms with Gasteiger partial charge < -0.3 is 14.4 Å². The summed E-state index contributed by atoms with van der Waals surface area (Å²) < 4.78 is 39.0. The van der Waals surface area contributed by atoms with Crippen molar-refractivity contribution in [3.8, 4) is 5.75 Å². The molecular formula is C26H34N2O5S. The predicted molar refractivity (Wildman–Crippen MR) is 130 cm³/mol. The van der Waals surface area contributed by atoms with Gasteiger partial charge in [0.25, 0.3) is 0 Å². The van der Waals surface area contributed by atoms with Crippen molar-refractivity contribution in [1.82, 2.24) is 9.21 Å². The van der Waals surface area contributed by atoms with Gasteiger partial charge in [-0.25, -0.2) is 8.42 Å². The normalized spacial score (nSPS) is 18.7. The molecular weight excluding hydrogens is 452 g/mol. The number of hydrogen-bond donors (Lipinski definition) is 0. The summed E-state index contributed by atoms with van der Waals surface area (Å²) in [6.07, 6.45) is 2.96. The van der Waals surface area contributed by atoms with Gasteiger partial charge in [-0.2, -0.15) is 4.31 Å². The number of likely N-dealkylation sites (tertiary alicyclic amines) is 1. The van der Waals surface area contributed by atoms with E-state index >= 15 is 0 Å². The lowest BCUT2D eigenvalue weighted by molar-refractivity contribution is -0.139. The molecule has 0 spiro atoms. The van der Waals surface area contributed by atoms with Crippen LogP contribution < -0.4 is 4.74 Å². The van der Waals surface area contributed by atoms with Gasteiger partial charge in [0.2, 0.25) is 15.9 Å². The van der Waals surface area contributed by atoms with Crippen LogP contribution in [0, 0.1) is 5.92 Å². The Morgan fingerprint density at radius 3 is 2.18 bits per heavy atom. The molecule has 1 amide bonds. The van der Waals surface area contributed by atoms with E-state index in [1.54, 1.807) is 24.3 Å². The van der Waals surface area contributed by atoms with Gasteiger partial charge in [-0.05, 0) is 62.4 Å². The van der Waals surface area contributed by atoms with Crippen molar-refractivity contribution in [3.05, 3.63) is 60.2 Å². The summed E-state index contributed by atoms with van der Waals surface area (Å²) in [7, 11) is -3.57. The first-order valence-electron chi connectivity index (χ1n) is 12.1. The number of ether oxygens (including phenoxy) is 2. The van der Waals surface area contributed by atoms with Crippen molar-refractivity contribution in [2.24, 2.45) is 5.92 Å². The third kappa shape index (κ3) is 5.98. The highest BCUT2D eigenvalue weighted by atomic mass is 32.2. The number of hydrogen-bond acceptors (Lipinski definition) is 5. The molecule has 0 unspecified atom stereocenters. The Balaban J connectivity index is 1.23.